The minimum atomic E-state index is -3.60. The van der Waals surface area contributed by atoms with Crippen molar-refractivity contribution in [3.05, 3.63) is 42.3 Å². The van der Waals surface area contributed by atoms with Crippen LogP contribution in [0.15, 0.2) is 41.4 Å². The third kappa shape index (κ3) is 3.00. The lowest BCUT2D eigenvalue weighted by molar-refractivity contribution is 0.458. The molecule has 0 aliphatic rings. The van der Waals surface area contributed by atoms with Crippen molar-refractivity contribution in [2.24, 2.45) is 0 Å². The Kier molecular flexibility index (Phi) is 3.39. The first-order valence-electron chi connectivity index (χ1n) is 5.26. The number of nitrogens with two attached hydrogens (primary N) is 1. The smallest absolute Gasteiger partial charge is 0.242 e. The number of nitrogens with zero attached hydrogens (tertiary/aromatic N) is 1. The van der Waals surface area contributed by atoms with Gasteiger partial charge in [-0.2, -0.15) is 0 Å². The van der Waals surface area contributed by atoms with Gasteiger partial charge in [0.2, 0.25) is 5.88 Å². The van der Waals surface area contributed by atoms with Gasteiger partial charge in [-0.3, -0.25) is 0 Å². The van der Waals surface area contributed by atoms with E-state index in [2.05, 4.69) is 4.98 Å². The van der Waals surface area contributed by atoms with Gasteiger partial charge in [0.1, 0.15) is 16.5 Å². The summed E-state index contributed by atoms with van der Waals surface area (Å²) in [7, 11) is -3.60. The van der Waals surface area contributed by atoms with Gasteiger partial charge in [-0.05, 0) is 24.3 Å². The highest BCUT2D eigenvalue weighted by Crippen LogP contribution is 2.27. The molecule has 0 unspecified atom stereocenters. The molecule has 0 fully saturated rings. The summed E-state index contributed by atoms with van der Waals surface area (Å²) in [5.41, 5.74) is 5.93. The fourth-order valence-electron chi connectivity index (χ4n) is 1.45. The molecule has 2 rings (SSSR count). The van der Waals surface area contributed by atoms with Gasteiger partial charge < -0.3 is 10.5 Å². The van der Waals surface area contributed by atoms with Gasteiger partial charge in [-0.25, -0.2) is 17.8 Å². The van der Waals surface area contributed by atoms with E-state index >= 15 is 0 Å². The Morgan fingerprint density at radius 2 is 2.05 bits per heavy atom. The third-order valence-electron chi connectivity index (χ3n) is 2.32. The lowest BCUT2D eigenvalue weighted by atomic mass is 10.3. The van der Waals surface area contributed by atoms with Crippen LogP contribution in [0, 0.1) is 5.82 Å². The fourth-order valence-corrected chi connectivity index (χ4v) is 2.17. The van der Waals surface area contributed by atoms with Crippen molar-refractivity contribution in [2.45, 2.75) is 4.90 Å². The lowest BCUT2D eigenvalue weighted by Crippen LogP contribution is -2.01. The van der Waals surface area contributed by atoms with E-state index in [1.54, 1.807) is 12.1 Å². The molecule has 1 heterocycles. The molecule has 19 heavy (non-hydrogen) atoms. The number of aromatic nitrogens is 1. The van der Waals surface area contributed by atoms with E-state index in [0.717, 1.165) is 18.4 Å². The Morgan fingerprint density at radius 1 is 1.32 bits per heavy atom. The monoisotopic (exact) mass is 282 g/mol. The molecular weight excluding hydrogens is 271 g/mol. The number of pyridine rings is 1. The summed E-state index contributed by atoms with van der Waals surface area (Å²) in [4.78, 5) is 3.51. The Balaban J connectivity index is 2.34. The zero-order valence-electron chi connectivity index (χ0n) is 10.00. The molecule has 1 aromatic heterocycles. The van der Waals surface area contributed by atoms with Crippen LogP contribution >= 0.6 is 0 Å². The van der Waals surface area contributed by atoms with Gasteiger partial charge in [0, 0.05) is 18.5 Å². The molecule has 0 aliphatic carbocycles. The summed E-state index contributed by atoms with van der Waals surface area (Å²) in [6.07, 6.45) is 2.41. The molecule has 2 aromatic rings. The van der Waals surface area contributed by atoms with Crippen LogP contribution in [0.5, 0.6) is 11.6 Å². The number of ether oxygens (including phenoxy) is 1. The minimum Gasteiger partial charge on any atom is -0.437 e. The van der Waals surface area contributed by atoms with Crippen molar-refractivity contribution >= 4 is 15.5 Å². The second kappa shape index (κ2) is 4.85. The number of halogens is 1. The average molecular weight is 282 g/mol. The molecule has 0 saturated carbocycles. The Labute approximate surface area is 109 Å². The summed E-state index contributed by atoms with van der Waals surface area (Å²) in [6.45, 7) is 0. The topological polar surface area (TPSA) is 82.3 Å². The fraction of sp³-hybridized carbons (Fsp3) is 0.0833. The van der Waals surface area contributed by atoms with E-state index in [4.69, 9.17) is 10.5 Å². The Bertz CT molecular complexity index is 717. The molecule has 100 valence electrons. The van der Waals surface area contributed by atoms with Crippen LogP contribution in [0.3, 0.4) is 0 Å². The minimum absolute atomic E-state index is 0.121. The number of anilines is 1. The molecule has 0 radical (unpaired) electrons. The number of hydrogen-bond donors (Lipinski definition) is 1. The van der Waals surface area contributed by atoms with E-state index < -0.39 is 15.7 Å². The van der Waals surface area contributed by atoms with E-state index in [0.29, 0.717) is 5.69 Å². The van der Waals surface area contributed by atoms with Crippen LogP contribution in [0.25, 0.3) is 0 Å². The van der Waals surface area contributed by atoms with Crippen LogP contribution in [-0.2, 0) is 9.84 Å². The lowest BCUT2D eigenvalue weighted by Gasteiger charge is -2.08. The number of hydrogen-bond acceptors (Lipinski definition) is 5. The second-order valence-electron chi connectivity index (χ2n) is 3.86. The number of rotatable bonds is 3. The molecule has 1 aromatic carbocycles. The van der Waals surface area contributed by atoms with Crippen LogP contribution < -0.4 is 10.5 Å². The van der Waals surface area contributed by atoms with Gasteiger partial charge in [0.15, 0.2) is 9.84 Å². The van der Waals surface area contributed by atoms with Crippen molar-refractivity contribution in [3.63, 3.8) is 0 Å². The van der Waals surface area contributed by atoms with Crippen molar-refractivity contribution in [1.82, 2.24) is 4.98 Å². The van der Waals surface area contributed by atoms with Gasteiger partial charge in [0.25, 0.3) is 0 Å². The van der Waals surface area contributed by atoms with E-state index in [9.17, 15) is 12.8 Å². The summed E-state index contributed by atoms with van der Waals surface area (Å²) in [6, 6.07) is 6.68. The van der Waals surface area contributed by atoms with Gasteiger partial charge >= 0.3 is 0 Å². The van der Waals surface area contributed by atoms with Crippen LogP contribution in [0.1, 0.15) is 0 Å². The number of sulfone groups is 1. The SMILES string of the molecule is CS(=O)(=O)c1ccc(Oc2ncccc2N)cc1F. The van der Waals surface area contributed by atoms with Crippen molar-refractivity contribution in [2.75, 3.05) is 12.0 Å². The highest BCUT2D eigenvalue weighted by atomic mass is 32.2. The van der Waals surface area contributed by atoms with Crippen LogP contribution in [0.4, 0.5) is 10.1 Å². The standard InChI is InChI=1S/C12H11FN2O3S/c1-19(16,17)11-5-4-8(7-9(11)13)18-12-10(14)3-2-6-15-12/h2-7H,14H2,1H3. The number of benzene rings is 1. The average Bonchev–Trinajstić information content (AvgIpc) is 2.30. The molecule has 0 saturated heterocycles. The number of nitrogen functional groups attached to an aromatic ring is 1. The first-order valence-corrected chi connectivity index (χ1v) is 7.15. The molecule has 0 atom stereocenters. The predicted molar refractivity (Wildman–Crippen MR) is 68.2 cm³/mol. The third-order valence-corrected chi connectivity index (χ3v) is 3.45. The predicted octanol–water partition coefficient (Wildman–Crippen LogP) is 2.00. The zero-order chi connectivity index (χ0) is 14.0. The summed E-state index contributed by atoms with van der Waals surface area (Å²) >= 11 is 0. The van der Waals surface area contributed by atoms with Gasteiger partial charge in [-0.1, -0.05) is 0 Å². The highest BCUT2D eigenvalue weighted by molar-refractivity contribution is 7.90. The summed E-state index contributed by atoms with van der Waals surface area (Å²) < 4.78 is 41.5. The van der Waals surface area contributed by atoms with Crippen LogP contribution in [0.2, 0.25) is 0 Å². The molecule has 5 nitrogen and oxygen atoms in total. The molecule has 0 bridgehead atoms. The maximum Gasteiger partial charge on any atom is 0.242 e. The van der Waals surface area contributed by atoms with Gasteiger partial charge in [-0.15, -0.1) is 0 Å². The highest BCUT2D eigenvalue weighted by Gasteiger charge is 2.14. The normalized spacial score (nSPS) is 11.3. The molecule has 0 amide bonds. The second-order valence-corrected chi connectivity index (χ2v) is 5.85. The maximum absolute atomic E-state index is 13.6. The van der Waals surface area contributed by atoms with E-state index in [1.807, 2.05) is 0 Å². The van der Waals surface area contributed by atoms with Crippen molar-refractivity contribution in [3.8, 4) is 11.6 Å². The molecule has 0 aliphatic heterocycles. The van der Waals surface area contributed by atoms with Crippen LogP contribution in [-0.4, -0.2) is 19.7 Å². The summed E-state index contributed by atoms with van der Waals surface area (Å²) in [5.74, 6) is -0.626. The summed E-state index contributed by atoms with van der Waals surface area (Å²) in [5, 5.41) is 0. The first-order chi connectivity index (χ1) is 8.88. The first kappa shape index (κ1) is 13.3. The van der Waals surface area contributed by atoms with E-state index in [1.165, 1.54) is 12.3 Å². The molecule has 7 heteroatoms. The van der Waals surface area contributed by atoms with Crippen molar-refractivity contribution in [1.29, 1.82) is 0 Å². The van der Waals surface area contributed by atoms with E-state index in [-0.39, 0.29) is 16.5 Å². The van der Waals surface area contributed by atoms with Gasteiger partial charge in [0.05, 0.1) is 5.69 Å². The molecule has 2 N–H and O–H groups in total. The maximum atomic E-state index is 13.6. The molecule has 0 spiro atoms. The Morgan fingerprint density at radius 3 is 2.63 bits per heavy atom. The largest absolute Gasteiger partial charge is 0.437 e. The quantitative estimate of drug-likeness (QED) is 0.931. The van der Waals surface area contributed by atoms with Crippen molar-refractivity contribution < 1.29 is 17.5 Å². The Hall–Kier alpha value is -2.15. The molecular formula is C12H11FN2O3S. The zero-order valence-corrected chi connectivity index (χ0v) is 10.8.